The summed E-state index contributed by atoms with van der Waals surface area (Å²) in [6, 6.07) is 11.7. The number of fused-ring (bicyclic) bond motifs is 1. The first-order valence-corrected chi connectivity index (χ1v) is 16.4. The first-order chi connectivity index (χ1) is 20.3. The number of morpholine rings is 1. The van der Waals surface area contributed by atoms with Gasteiger partial charge in [-0.25, -0.2) is 4.39 Å². The van der Waals surface area contributed by atoms with Crippen molar-refractivity contribution < 1.29 is 25.2 Å². The average molecular weight is 725 g/mol. The number of nitrogens with zero attached hydrogens (tertiary/aromatic N) is 2. The van der Waals surface area contributed by atoms with E-state index < -0.39 is 56.6 Å². The summed E-state index contributed by atoms with van der Waals surface area (Å²) in [7, 11) is 0. The molecule has 1 saturated heterocycles. The second-order valence-corrected chi connectivity index (χ2v) is 15.1. The third-order valence-electron chi connectivity index (χ3n) is 11.0. The predicted octanol–water partition coefficient (Wildman–Crippen LogP) is 7.84. The third-order valence-corrected chi connectivity index (χ3v) is 11.0. The number of ether oxygens (including phenoxy) is 1. The van der Waals surface area contributed by atoms with Gasteiger partial charge < -0.3 is 20.1 Å². The van der Waals surface area contributed by atoms with E-state index in [2.05, 4.69) is 37.9 Å². The Morgan fingerprint density at radius 3 is 1.70 bits per heavy atom. The molecule has 244 valence electrons. The molecule has 2 aliphatic heterocycles. The molecule has 0 saturated carbocycles. The van der Waals surface area contributed by atoms with E-state index >= 15 is 4.39 Å². The Kier molecular flexibility index (Phi) is 8.84. The highest BCUT2D eigenvalue weighted by molar-refractivity contribution is 14.1. The minimum atomic E-state index is -1.65. The lowest BCUT2D eigenvalue weighted by Gasteiger charge is -2.67. The number of benzene rings is 2. The van der Waals surface area contributed by atoms with Gasteiger partial charge in [-0.3, -0.25) is 14.5 Å². The standard InChI is InChI=1S/C34H48FN3O4.CH3I/c1-28(2,34(13,41)31(7,8)37-26(39)22-16-14-15-17-23(22)27(37)40)36-21-18-19-25(24(35)20-21)38-29(3,4)32(9,10)42-33(11,12)30(38,5)6;1-2/h14-20,36,41H,1-13H3;1H3/t34-;/m1./s1/i;1D. The van der Waals surface area contributed by atoms with Crippen LogP contribution in [0.1, 0.15) is 112 Å². The van der Waals surface area contributed by atoms with Crippen LogP contribution in [0.5, 0.6) is 0 Å². The summed E-state index contributed by atoms with van der Waals surface area (Å²) in [6.07, 6.45) is 0. The Morgan fingerprint density at radius 1 is 0.864 bits per heavy atom. The zero-order valence-electron chi connectivity index (χ0n) is 29.6. The minimum Gasteiger partial charge on any atom is -0.385 e. The van der Waals surface area contributed by atoms with Crippen molar-refractivity contribution in [2.75, 3.05) is 15.1 Å². The summed E-state index contributed by atoms with van der Waals surface area (Å²) in [5.74, 6) is -1.31. The Bertz CT molecular complexity index is 1410. The lowest BCUT2D eigenvalue weighted by Crippen LogP contribution is -2.78. The largest absolute Gasteiger partial charge is 0.385 e. The lowest BCUT2D eigenvalue weighted by molar-refractivity contribution is -0.214. The van der Waals surface area contributed by atoms with E-state index in [0.717, 1.165) is 4.90 Å². The highest BCUT2D eigenvalue weighted by Gasteiger charge is 2.61. The van der Waals surface area contributed by atoms with Crippen molar-refractivity contribution in [2.24, 2.45) is 0 Å². The summed E-state index contributed by atoms with van der Waals surface area (Å²) in [6.45, 7) is 24.9. The van der Waals surface area contributed by atoms with Gasteiger partial charge in [-0.2, -0.15) is 0 Å². The highest BCUT2D eigenvalue weighted by Crippen LogP contribution is 2.52. The molecule has 0 radical (unpaired) electrons. The van der Waals surface area contributed by atoms with Gasteiger partial charge in [-0.1, -0.05) is 34.7 Å². The van der Waals surface area contributed by atoms with E-state index in [9.17, 15) is 14.7 Å². The zero-order valence-corrected chi connectivity index (χ0v) is 30.7. The number of rotatable bonds is 6. The fraction of sp³-hybridized carbons (Fsp3) is 0.600. The molecule has 9 heteroatoms. The molecule has 44 heavy (non-hydrogen) atoms. The van der Waals surface area contributed by atoms with Crippen molar-refractivity contribution in [3.8, 4) is 0 Å². The number of hydrogen-bond acceptors (Lipinski definition) is 6. The van der Waals surface area contributed by atoms with Crippen molar-refractivity contribution in [3.63, 3.8) is 0 Å². The van der Waals surface area contributed by atoms with Crippen LogP contribution in [-0.4, -0.2) is 65.7 Å². The highest BCUT2D eigenvalue weighted by atomic mass is 127. The number of alkyl halides is 1. The Balaban J connectivity index is 0.00000177. The molecule has 7 nitrogen and oxygen atoms in total. The number of nitrogens with one attached hydrogen (secondary N) is 1. The third kappa shape index (κ3) is 5.24. The van der Waals surface area contributed by atoms with Gasteiger partial charge in [0.2, 0.25) is 0 Å². The molecule has 0 unspecified atom stereocenters. The Labute approximate surface area is 278 Å². The van der Waals surface area contributed by atoms with Gasteiger partial charge >= 0.3 is 0 Å². The second-order valence-electron chi connectivity index (χ2n) is 15.1. The quantitative estimate of drug-likeness (QED) is 0.180. The first kappa shape index (κ1) is 34.6. The zero-order chi connectivity index (χ0) is 34.8. The van der Waals surface area contributed by atoms with Crippen LogP contribution in [0.4, 0.5) is 15.8 Å². The number of hydrogen-bond donors (Lipinski definition) is 2. The maximum absolute atomic E-state index is 16.1. The summed E-state index contributed by atoms with van der Waals surface area (Å²) in [5.41, 5.74) is -4.80. The molecule has 2 heterocycles. The maximum atomic E-state index is 16.1. The molecule has 0 bridgehead atoms. The van der Waals surface area contributed by atoms with Gasteiger partial charge in [0, 0.05) is 7.06 Å². The molecule has 2 aromatic rings. The predicted molar refractivity (Wildman–Crippen MR) is 186 cm³/mol. The van der Waals surface area contributed by atoms with Crippen molar-refractivity contribution in [2.45, 2.75) is 129 Å². The molecule has 2 aromatic carbocycles. The van der Waals surface area contributed by atoms with Gasteiger partial charge in [0.25, 0.3) is 11.8 Å². The fourth-order valence-corrected chi connectivity index (χ4v) is 6.66. The Morgan fingerprint density at radius 2 is 1.30 bits per heavy atom. The number of imide groups is 1. The van der Waals surface area contributed by atoms with Crippen molar-refractivity contribution >= 4 is 45.8 Å². The topological polar surface area (TPSA) is 82.1 Å². The van der Waals surface area contributed by atoms with E-state index in [4.69, 9.17) is 6.11 Å². The average Bonchev–Trinajstić information content (AvgIpc) is 3.14. The fourth-order valence-electron chi connectivity index (χ4n) is 6.66. The number of amides is 2. The molecule has 2 amide bonds. The maximum Gasteiger partial charge on any atom is 0.262 e. The van der Waals surface area contributed by atoms with Crippen molar-refractivity contribution in [1.29, 1.82) is 0 Å². The second kappa shape index (κ2) is 11.2. The van der Waals surface area contributed by atoms with Crippen LogP contribution < -0.4 is 10.2 Å². The molecule has 1 atom stereocenters. The minimum absolute atomic E-state index is 0.315. The van der Waals surface area contributed by atoms with Crippen LogP contribution in [0.25, 0.3) is 0 Å². The van der Waals surface area contributed by atoms with Crippen LogP contribution in [0, 0.1) is 5.82 Å². The van der Waals surface area contributed by atoms with Crippen LogP contribution >= 0.6 is 22.6 Å². The summed E-state index contributed by atoms with van der Waals surface area (Å²) in [4.78, 5) is 30.4. The molecule has 1 fully saturated rings. The molecular formula is C35H51FIN3O4. The van der Waals surface area contributed by atoms with Gasteiger partial charge in [-0.05, 0) is 125 Å². The number of aliphatic hydroxyl groups is 1. The summed E-state index contributed by atoms with van der Waals surface area (Å²) >= 11 is 1.96. The summed E-state index contributed by atoms with van der Waals surface area (Å²) < 4.78 is 28.9. The molecular weight excluding hydrogens is 672 g/mol. The van der Waals surface area contributed by atoms with Gasteiger partial charge in [0.05, 0.1) is 50.2 Å². The van der Waals surface area contributed by atoms with Crippen LogP contribution in [0.3, 0.4) is 0 Å². The van der Waals surface area contributed by atoms with Gasteiger partial charge in [-0.15, -0.1) is 0 Å². The number of carbonyl (C=O) groups is 2. The molecule has 0 aliphatic carbocycles. The van der Waals surface area contributed by atoms with Crippen LogP contribution in [0.15, 0.2) is 42.5 Å². The monoisotopic (exact) mass is 724 g/mol. The summed E-state index contributed by atoms with van der Waals surface area (Å²) in [5, 5.41) is 15.4. The van der Waals surface area contributed by atoms with Crippen molar-refractivity contribution in [3.05, 3.63) is 59.4 Å². The van der Waals surface area contributed by atoms with Gasteiger partial charge in [0.1, 0.15) is 11.4 Å². The molecule has 2 aliphatic rings. The molecule has 0 aromatic heterocycles. The number of carbonyl (C=O) groups excluding carboxylic acids is 2. The van der Waals surface area contributed by atoms with Crippen LogP contribution in [-0.2, 0) is 4.74 Å². The first-order valence-electron chi connectivity index (χ1n) is 15.6. The molecule has 0 spiro atoms. The smallest absolute Gasteiger partial charge is 0.262 e. The lowest BCUT2D eigenvalue weighted by atomic mass is 9.70. The van der Waals surface area contributed by atoms with E-state index in [1.165, 1.54) is 6.07 Å². The molecule has 2 N–H and O–H groups in total. The van der Waals surface area contributed by atoms with Gasteiger partial charge in [0.15, 0.2) is 0 Å². The number of halogens is 2. The molecule has 4 rings (SSSR count). The van der Waals surface area contributed by atoms with E-state index in [-0.39, 0.29) is 0 Å². The Hall–Kier alpha value is -2.24. The normalized spacial score (nSPS) is 22.0. The van der Waals surface area contributed by atoms with E-state index in [0.29, 0.717) is 27.4 Å². The number of anilines is 2. The van der Waals surface area contributed by atoms with E-state index in [1.54, 1.807) is 71.0 Å². The van der Waals surface area contributed by atoms with E-state index in [1.807, 2.05) is 50.3 Å². The SMILES string of the molecule is CC1(C)OC(C)(C)C(C)(C)N(c2ccc(NC(C)(C)[C@@](C)(O)C(C)(C)N3C(=O)c4ccccc4C3=O)cc2F)C1(C)C.[2H]CI. The van der Waals surface area contributed by atoms with Crippen LogP contribution in [0.2, 0.25) is 0 Å². The van der Waals surface area contributed by atoms with Crippen molar-refractivity contribution in [1.82, 2.24) is 4.90 Å².